The number of hydrogen-bond donors (Lipinski definition) is 4. The number of aromatic nitrogens is 3. The van der Waals surface area contributed by atoms with E-state index in [2.05, 4.69) is 35.8 Å². The van der Waals surface area contributed by atoms with Crippen LogP contribution in [0, 0.1) is 0 Å². The predicted octanol–water partition coefficient (Wildman–Crippen LogP) is 1.40. The quantitative estimate of drug-likeness (QED) is 0.510. The van der Waals surface area contributed by atoms with Gasteiger partial charge in [0.2, 0.25) is 5.91 Å². The number of fused-ring (bicyclic) bond motifs is 2. The van der Waals surface area contributed by atoms with E-state index in [-0.39, 0.29) is 24.4 Å². The molecular weight excluding hydrogens is 382 g/mol. The van der Waals surface area contributed by atoms with Gasteiger partial charge in [-0.2, -0.15) is 0 Å². The molecule has 0 bridgehead atoms. The van der Waals surface area contributed by atoms with Gasteiger partial charge in [-0.25, -0.2) is 9.97 Å². The van der Waals surface area contributed by atoms with Gasteiger partial charge in [-0.3, -0.25) is 9.59 Å². The van der Waals surface area contributed by atoms with Crippen LogP contribution in [0.25, 0.3) is 11.0 Å². The fourth-order valence-electron chi connectivity index (χ4n) is 4.27. The van der Waals surface area contributed by atoms with Crippen molar-refractivity contribution in [3.8, 4) is 0 Å². The summed E-state index contributed by atoms with van der Waals surface area (Å²) in [4.78, 5) is 38.4. The third-order valence-electron chi connectivity index (χ3n) is 5.70. The average Bonchev–Trinajstić information content (AvgIpc) is 3.39. The molecule has 2 amide bonds. The Labute approximate surface area is 173 Å². The maximum absolute atomic E-state index is 12.6. The number of amides is 2. The van der Waals surface area contributed by atoms with Gasteiger partial charge in [-0.05, 0) is 31.0 Å². The minimum atomic E-state index is -0.0679. The van der Waals surface area contributed by atoms with Crippen LogP contribution in [0.15, 0.2) is 36.8 Å². The van der Waals surface area contributed by atoms with Crippen molar-refractivity contribution in [2.75, 3.05) is 29.9 Å². The van der Waals surface area contributed by atoms with Crippen LogP contribution < -0.4 is 20.9 Å². The molecule has 1 fully saturated rings. The Kier molecular flexibility index (Phi) is 4.70. The molecule has 9 nitrogen and oxygen atoms in total. The highest BCUT2D eigenvalue weighted by Gasteiger charge is 2.25. The van der Waals surface area contributed by atoms with Gasteiger partial charge in [0.15, 0.2) is 0 Å². The molecule has 0 unspecified atom stereocenters. The summed E-state index contributed by atoms with van der Waals surface area (Å²) in [6.07, 6.45) is 5.34. The molecule has 0 aliphatic carbocycles. The molecule has 4 N–H and O–H groups in total. The first kappa shape index (κ1) is 18.4. The van der Waals surface area contributed by atoms with Crippen molar-refractivity contribution in [3.63, 3.8) is 0 Å². The van der Waals surface area contributed by atoms with Crippen molar-refractivity contribution in [1.82, 2.24) is 25.6 Å². The molecule has 0 saturated carbocycles. The summed E-state index contributed by atoms with van der Waals surface area (Å²) in [6.45, 7) is 2.26. The lowest BCUT2D eigenvalue weighted by atomic mass is 10.1. The summed E-state index contributed by atoms with van der Waals surface area (Å²) in [5.41, 5.74) is 3.23. The second kappa shape index (κ2) is 7.66. The molecule has 2 aliphatic heterocycles. The highest BCUT2D eigenvalue weighted by Crippen LogP contribution is 2.25. The van der Waals surface area contributed by atoms with Gasteiger partial charge in [0.25, 0.3) is 5.91 Å². The van der Waals surface area contributed by atoms with Crippen molar-refractivity contribution >= 4 is 34.4 Å². The van der Waals surface area contributed by atoms with Gasteiger partial charge < -0.3 is 25.8 Å². The summed E-state index contributed by atoms with van der Waals surface area (Å²) in [7, 11) is 0. The van der Waals surface area contributed by atoms with E-state index in [0.717, 1.165) is 47.5 Å². The van der Waals surface area contributed by atoms with Gasteiger partial charge in [0.05, 0.1) is 11.9 Å². The lowest BCUT2D eigenvalue weighted by Gasteiger charge is -2.34. The van der Waals surface area contributed by atoms with Gasteiger partial charge >= 0.3 is 0 Å². The first-order valence-electron chi connectivity index (χ1n) is 10.2. The third-order valence-corrected chi connectivity index (χ3v) is 5.70. The van der Waals surface area contributed by atoms with E-state index in [1.807, 2.05) is 24.4 Å². The van der Waals surface area contributed by atoms with Crippen molar-refractivity contribution in [3.05, 3.63) is 47.9 Å². The zero-order chi connectivity index (χ0) is 20.5. The summed E-state index contributed by atoms with van der Waals surface area (Å²) < 4.78 is 0. The molecule has 1 atom stereocenters. The molecule has 3 aromatic rings. The topological polar surface area (TPSA) is 115 Å². The number of nitrogens with zero attached hydrogens (tertiary/aromatic N) is 3. The monoisotopic (exact) mass is 405 g/mol. The van der Waals surface area contributed by atoms with Gasteiger partial charge in [-0.15, -0.1) is 0 Å². The van der Waals surface area contributed by atoms with E-state index in [4.69, 9.17) is 0 Å². The van der Waals surface area contributed by atoms with Crippen LogP contribution >= 0.6 is 0 Å². The highest BCUT2D eigenvalue weighted by molar-refractivity contribution is 6.00. The molecule has 30 heavy (non-hydrogen) atoms. The summed E-state index contributed by atoms with van der Waals surface area (Å²) >= 11 is 0. The van der Waals surface area contributed by atoms with Crippen molar-refractivity contribution in [2.24, 2.45) is 0 Å². The smallest absolute Gasteiger partial charge is 0.251 e. The largest absolute Gasteiger partial charge is 0.376 e. The van der Waals surface area contributed by atoms with Gasteiger partial charge in [0, 0.05) is 48.7 Å². The number of carbonyl (C=O) groups is 2. The van der Waals surface area contributed by atoms with E-state index in [1.165, 1.54) is 0 Å². The number of aromatic amines is 1. The molecule has 1 saturated heterocycles. The number of H-pyrrole nitrogens is 1. The lowest BCUT2D eigenvalue weighted by molar-refractivity contribution is -0.120. The van der Waals surface area contributed by atoms with E-state index in [9.17, 15) is 9.59 Å². The second-order valence-electron chi connectivity index (χ2n) is 7.66. The summed E-state index contributed by atoms with van der Waals surface area (Å²) in [5, 5.41) is 10.1. The van der Waals surface area contributed by atoms with Crippen molar-refractivity contribution < 1.29 is 9.59 Å². The normalized spacial score (nSPS) is 18.2. The number of rotatable bonds is 5. The van der Waals surface area contributed by atoms with E-state index >= 15 is 0 Å². The predicted molar refractivity (Wildman–Crippen MR) is 113 cm³/mol. The maximum atomic E-state index is 12.6. The average molecular weight is 405 g/mol. The second-order valence-corrected chi connectivity index (χ2v) is 7.66. The highest BCUT2D eigenvalue weighted by atomic mass is 16.2. The van der Waals surface area contributed by atoms with Crippen LogP contribution in [0.1, 0.15) is 28.8 Å². The number of carbonyl (C=O) groups excluding carboxylic acids is 2. The first-order chi connectivity index (χ1) is 14.7. The maximum Gasteiger partial charge on any atom is 0.251 e. The number of benzene rings is 1. The van der Waals surface area contributed by atoms with Crippen LogP contribution in [0.2, 0.25) is 0 Å². The van der Waals surface area contributed by atoms with E-state index in [0.29, 0.717) is 18.7 Å². The summed E-state index contributed by atoms with van der Waals surface area (Å²) in [6, 6.07) is 7.56. The van der Waals surface area contributed by atoms with Crippen molar-refractivity contribution in [1.29, 1.82) is 0 Å². The number of anilines is 2. The van der Waals surface area contributed by atoms with Crippen LogP contribution in [0.4, 0.5) is 11.5 Å². The number of nitrogens with one attached hydrogen (secondary N) is 4. The fourth-order valence-corrected chi connectivity index (χ4v) is 4.27. The Balaban J connectivity index is 1.21. The molecule has 2 aliphatic rings. The number of piperidine rings is 1. The van der Waals surface area contributed by atoms with Gasteiger partial charge in [-0.1, -0.05) is 6.07 Å². The fraction of sp³-hybridized carbons (Fsp3) is 0.333. The van der Waals surface area contributed by atoms with Crippen molar-refractivity contribution in [2.45, 2.75) is 25.4 Å². The van der Waals surface area contributed by atoms with E-state index < -0.39 is 0 Å². The molecule has 2 aromatic heterocycles. The SMILES string of the molecule is O=C(CNc1cccc2c1CNC2=O)N[C@H]1CCCN(c2ncnc3[nH]ccc23)C1. The van der Waals surface area contributed by atoms with E-state index in [1.54, 1.807) is 12.4 Å². The Morgan fingerprint density at radius 3 is 3.13 bits per heavy atom. The molecule has 0 spiro atoms. The molecule has 154 valence electrons. The lowest BCUT2D eigenvalue weighted by Crippen LogP contribution is -2.49. The molecule has 0 radical (unpaired) electrons. The Morgan fingerprint density at radius 2 is 2.20 bits per heavy atom. The van der Waals surface area contributed by atoms with Crippen LogP contribution in [-0.4, -0.2) is 52.4 Å². The van der Waals surface area contributed by atoms with Gasteiger partial charge in [0.1, 0.15) is 17.8 Å². The Morgan fingerprint density at radius 1 is 1.27 bits per heavy atom. The first-order valence-corrected chi connectivity index (χ1v) is 10.2. The molecule has 4 heterocycles. The minimum absolute atomic E-state index is 0.0572. The molecule has 1 aromatic carbocycles. The van der Waals surface area contributed by atoms with Crippen LogP contribution in [0.5, 0.6) is 0 Å². The Hall–Kier alpha value is -3.62. The minimum Gasteiger partial charge on any atom is -0.376 e. The van der Waals surface area contributed by atoms with Crippen LogP contribution in [0.3, 0.4) is 0 Å². The molecule has 9 heteroatoms. The Bertz CT molecular complexity index is 1110. The zero-order valence-corrected chi connectivity index (χ0v) is 16.4. The molecule has 5 rings (SSSR count). The standard InChI is InChI=1S/C21H23N7O2/c29-18(10-23-17-5-1-4-14-16(17)9-24-21(14)30)27-13-3-2-8-28(11-13)20-15-6-7-22-19(15)25-12-26-20/h1,4-7,12-13,23H,2-3,8-11H2,(H,24,30)(H,27,29)(H,22,25,26)/t13-/m0/s1. The number of hydrogen-bond acceptors (Lipinski definition) is 6. The van der Waals surface area contributed by atoms with Crippen LogP contribution in [-0.2, 0) is 11.3 Å². The third kappa shape index (κ3) is 3.42. The zero-order valence-electron chi connectivity index (χ0n) is 16.4. The molecular formula is C21H23N7O2. The summed E-state index contributed by atoms with van der Waals surface area (Å²) in [5.74, 6) is 0.767.